The van der Waals surface area contributed by atoms with E-state index >= 15 is 0 Å². The lowest BCUT2D eigenvalue weighted by Crippen LogP contribution is -2.32. The number of phenolic OH excluding ortho intramolecular Hbond substituents is 2. The molecule has 3 N–H and O–H groups in total. The summed E-state index contributed by atoms with van der Waals surface area (Å²) >= 11 is 0. The molecule has 1 aromatic carbocycles. The highest BCUT2D eigenvalue weighted by molar-refractivity contribution is 6.39. The van der Waals surface area contributed by atoms with Crippen molar-refractivity contribution < 1.29 is 24.3 Å². The van der Waals surface area contributed by atoms with Gasteiger partial charge in [0.25, 0.3) is 5.91 Å². The second kappa shape index (κ2) is 6.43. The number of nitrogens with zero attached hydrogens (tertiary/aromatic N) is 1. The summed E-state index contributed by atoms with van der Waals surface area (Å²) in [6, 6.07) is 8.09. The molecule has 23 heavy (non-hydrogen) atoms. The largest absolute Gasteiger partial charge is 0.504 e. The lowest BCUT2D eigenvalue weighted by molar-refractivity contribution is -0.114. The van der Waals surface area contributed by atoms with Crippen LogP contribution in [0.5, 0.6) is 11.5 Å². The summed E-state index contributed by atoms with van der Waals surface area (Å²) in [6.45, 7) is 0.382. The number of carbonyl (C=O) groups excluding carboxylic acids is 1. The van der Waals surface area contributed by atoms with Crippen molar-refractivity contribution in [2.45, 2.75) is 18.9 Å². The number of aromatic hydroxyl groups is 2. The van der Waals surface area contributed by atoms with Gasteiger partial charge in [0, 0.05) is 13.0 Å². The van der Waals surface area contributed by atoms with Gasteiger partial charge in [0.15, 0.2) is 17.6 Å². The molecule has 1 amide bonds. The van der Waals surface area contributed by atoms with Gasteiger partial charge in [0.05, 0.1) is 6.26 Å². The Labute approximate surface area is 132 Å². The monoisotopic (exact) mass is 316 g/mol. The van der Waals surface area contributed by atoms with E-state index in [9.17, 15) is 15.0 Å². The molecule has 0 saturated carbocycles. The Balaban J connectivity index is 1.47. The van der Waals surface area contributed by atoms with Crippen molar-refractivity contribution in [2.75, 3.05) is 6.54 Å². The van der Waals surface area contributed by atoms with Crippen molar-refractivity contribution in [2.24, 2.45) is 5.16 Å². The highest BCUT2D eigenvalue weighted by atomic mass is 16.6. The number of hydrogen-bond donors (Lipinski definition) is 3. The van der Waals surface area contributed by atoms with Crippen LogP contribution in [0.2, 0.25) is 0 Å². The number of nitrogens with one attached hydrogen (secondary N) is 1. The Kier molecular flexibility index (Phi) is 4.18. The highest BCUT2D eigenvalue weighted by Crippen LogP contribution is 2.27. The van der Waals surface area contributed by atoms with Crippen molar-refractivity contribution in [3.05, 3.63) is 47.9 Å². The first-order valence-corrected chi connectivity index (χ1v) is 7.18. The van der Waals surface area contributed by atoms with Gasteiger partial charge in [0.1, 0.15) is 11.5 Å². The fourth-order valence-electron chi connectivity index (χ4n) is 2.29. The van der Waals surface area contributed by atoms with Crippen LogP contribution in [0, 0.1) is 0 Å². The average molecular weight is 316 g/mol. The Morgan fingerprint density at radius 1 is 1.30 bits per heavy atom. The molecule has 7 heteroatoms. The van der Waals surface area contributed by atoms with E-state index in [-0.39, 0.29) is 23.5 Å². The number of rotatable bonds is 5. The minimum Gasteiger partial charge on any atom is -0.504 e. The molecule has 2 aromatic rings. The molecule has 0 saturated heterocycles. The van der Waals surface area contributed by atoms with Crippen molar-refractivity contribution in [3.8, 4) is 11.5 Å². The molecule has 7 nitrogen and oxygen atoms in total. The third-order valence-electron chi connectivity index (χ3n) is 3.53. The summed E-state index contributed by atoms with van der Waals surface area (Å²) in [7, 11) is 0. The molecule has 2 heterocycles. The van der Waals surface area contributed by atoms with Gasteiger partial charge in [-0.2, -0.15) is 0 Å². The first-order chi connectivity index (χ1) is 11.1. The van der Waals surface area contributed by atoms with Gasteiger partial charge in [-0.15, -0.1) is 0 Å². The Bertz CT molecular complexity index is 724. The summed E-state index contributed by atoms with van der Waals surface area (Å²) in [5.74, 6) is 0.000993. The fraction of sp³-hybridized carbons (Fsp3) is 0.250. The number of furan rings is 1. The van der Waals surface area contributed by atoms with E-state index in [0.29, 0.717) is 30.9 Å². The first-order valence-electron chi connectivity index (χ1n) is 7.18. The van der Waals surface area contributed by atoms with Crippen LogP contribution < -0.4 is 5.32 Å². The van der Waals surface area contributed by atoms with Gasteiger partial charge in [-0.3, -0.25) is 4.79 Å². The molecule has 0 spiro atoms. The van der Waals surface area contributed by atoms with Gasteiger partial charge in [-0.05, 0) is 36.2 Å². The minimum atomic E-state index is -0.361. The lowest BCUT2D eigenvalue weighted by atomic mass is 10.1. The maximum atomic E-state index is 12.0. The quantitative estimate of drug-likeness (QED) is 0.730. The first kappa shape index (κ1) is 15.0. The Hall–Kier alpha value is -2.96. The number of oxime groups is 1. The summed E-state index contributed by atoms with van der Waals surface area (Å²) in [6.07, 6.45) is 2.07. The maximum Gasteiger partial charge on any atom is 0.269 e. The number of benzene rings is 1. The number of carbonyl (C=O) groups is 1. The van der Waals surface area contributed by atoms with Crippen molar-refractivity contribution in [1.82, 2.24) is 5.32 Å². The summed E-state index contributed by atoms with van der Waals surface area (Å²) in [4.78, 5) is 17.2. The van der Waals surface area contributed by atoms with E-state index in [1.807, 2.05) is 0 Å². The van der Waals surface area contributed by atoms with Crippen LogP contribution in [-0.4, -0.2) is 28.4 Å². The van der Waals surface area contributed by atoms with Crippen LogP contribution in [0.15, 0.2) is 46.2 Å². The molecule has 1 atom stereocenters. The van der Waals surface area contributed by atoms with Crippen LogP contribution in [0.4, 0.5) is 0 Å². The molecule has 1 aliphatic rings. The topological polar surface area (TPSA) is 104 Å². The average Bonchev–Trinajstić information content (AvgIpc) is 3.20. The van der Waals surface area contributed by atoms with Crippen LogP contribution in [0.1, 0.15) is 23.8 Å². The van der Waals surface area contributed by atoms with Gasteiger partial charge >= 0.3 is 0 Å². The van der Waals surface area contributed by atoms with Gasteiger partial charge in [-0.25, -0.2) is 0 Å². The molecule has 1 unspecified atom stereocenters. The van der Waals surface area contributed by atoms with Crippen molar-refractivity contribution in [1.29, 1.82) is 0 Å². The second-order valence-electron chi connectivity index (χ2n) is 5.18. The number of hydrogen-bond acceptors (Lipinski definition) is 6. The third-order valence-corrected chi connectivity index (χ3v) is 3.53. The number of amides is 1. The van der Waals surface area contributed by atoms with Crippen LogP contribution in [0.25, 0.3) is 0 Å². The molecule has 0 radical (unpaired) electrons. The van der Waals surface area contributed by atoms with Crippen LogP contribution in [0.3, 0.4) is 0 Å². The molecule has 0 aliphatic carbocycles. The van der Waals surface area contributed by atoms with E-state index < -0.39 is 0 Å². The molecule has 3 rings (SSSR count). The Morgan fingerprint density at radius 2 is 2.17 bits per heavy atom. The van der Waals surface area contributed by atoms with Crippen LogP contribution in [-0.2, 0) is 16.1 Å². The summed E-state index contributed by atoms with van der Waals surface area (Å²) < 4.78 is 5.23. The molecular formula is C16H16N2O5. The molecular weight excluding hydrogens is 300 g/mol. The normalized spacial score (nSPS) is 16.7. The predicted octanol–water partition coefficient (Wildman–Crippen LogP) is 1.87. The molecule has 0 bridgehead atoms. The van der Waals surface area contributed by atoms with E-state index in [2.05, 4.69) is 10.5 Å². The fourth-order valence-corrected chi connectivity index (χ4v) is 2.29. The summed E-state index contributed by atoms with van der Waals surface area (Å²) in [5, 5.41) is 25.2. The zero-order valence-corrected chi connectivity index (χ0v) is 12.2. The predicted molar refractivity (Wildman–Crippen MR) is 81.1 cm³/mol. The third kappa shape index (κ3) is 3.45. The minimum absolute atomic E-state index is 0.167. The smallest absolute Gasteiger partial charge is 0.269 e. The van der Waals surface area contributed by atoms with Crippen molar-refractivity contribution >= 4 is 11.6 Å². The lowest BCUT2D eigenvalue weighted by Gasteiger charge is -2.06. The number of phenols is 2. The summed E-state index contributed by atoms with van der Waals surface area (Å²) in [5.41, 5.74) is 1.12. The van der Waals surface area contributed by atoms with Gasteiger partial charge in [0.2, 0.25) is 0 Å². The maximum absolute atomic E-state index is 12.0. The van der Waals surface area contributed by atoms with E-state index in [0.717, 1.165) is 5.56 Å². The highest BCUT2D eigenvalue weighted by Gasteiger charge is 2.28. The molecule has 1 aliphatic heterocycles. The van der Waals surface area contributed by atoms with Gasteiger partial charge in [-0.1, -0.05) is 11.2 Å². The van der Waals surface area contributed by atoms with Crippen molar-refractivity contribution in [3.63, 3.8) is 0 Å². The molecule has 120 valence electrons. The van der Waals surface area contributed by atoms with E-state index in [4.69, 9.17) is 9.25 Å². The Morgan fingerprint density at radius 3 is 2.91 bits per heavy atom. The molecule has 1 aromatic heterocycles. The second-order valence-corrected chi connectivity index (χ2v) is 5.18. The van der Waals surface area contributed by atoms with E-state index in [1.165, 1.54) is 12.1 Å². The zero-order chi connectivity index (χ0) is 16.2. The van der Waals surface area contributed by atoms with Crippen LogP contribution >= 0.6 is 0 Å². The van der Waals surface area contributed by atoms with Gasteiger partial charge < -0.3 is 24.8 Å². The SMILES string of the molecule is O=C(NCCc1ccc(O)c(O)c1)C1=NOC(c2ccco2)C1. The standard InChI is InChI=1S/C16H16N2O5/c19-12-4-3-10(8-13(12)20)5-6-17-16(21)11-9-15(23-18-11)14-2-1-7-22-14/h1-4,7-8,15,19-20H,5-6,9H2,(H,17,21). The molecule has 0 fully saturated rings. The zero-order valence-electron chi connectivity index (χ0n) is 12.2. The van der Waals surface area contributed by atoms with E-state index in [1.54, 1.807) is 24.5 Å².